The van der Waals surface area contributed by atoms with E-state index in [0.29, 0.717) is 11.2 Å². The van der Waals surface area contributed by atoms with E-state index in [1.54, 1.807) is 6.20 Å². The summed E-state index contributed by atoms with van der Waals surface area (Å²) in [7, 11) is 0. The standard InChI is InChI=1S/C23H31N7O/c1-16-18(12-25-28-16)20-26-19-13-24-8-4-17(19)21(27-20)30-10-6-23(7-11-30)5-9-29(15-23)14-22(2,3)31/h4,8,12-13,31H,5-7,9-11,14-15H2,1-3H3,(H,25,28). The van der Waals surface area contributed by atoms with Gasteiger partial charge >= 0.3 is 0 Å². The van der Waals surface area contributed by atoms with E-state index in [1.165, 1.54) is 6.42 Å². The molecule has 31 heavy (non-hydrogen) atoms. The minimum atomic E-state index is -0.637. The summed E-state index contributed by atoms with van der Waals surface area (Å²) in [5, 5.41) is 18.4. The zero-order chi connectivity index (χ0) is 21.6. The number of nitrogens with one attached hydrogen (secondary N) is 1. The molecule has 3 aromatic rings. The molecule has 2 saturated heterocycles. The molecular weight excluding hydrogens is 390 g/mol. The highest BCUT2D eigenvalue weighted by Crippen LogP contribution is 2.42. The summed E-state index contributed by atoms with van der Waals surface area (Å²) < 4.78 is 0. The van der Waals surface area contributed by atoms with E-state index in [9.17, 15) is 5.11 Å². The maximum absolute atomic E-state index is 10.2. The van der Waals surface area contributed by atoms with Crippen LogP contribution >= 0.6 is 0 Å². The van der Waals surface area contributed by atoms with Gasteiger partial charge in [0.15, 0.2) is 5.82 Å². The molecule has 2 N–H and O–H groups in total. The first-order valence-electron chi connectivity index (χ1n) is 11.1. The van der Waals surface area contributed by atoms with E-state index >= 15 is 0 Å². The average Bonchev–Trinajstić information content (AvgIpc) is 3.33. The zero-order valence-electron chi connectivity index (χ0n) is 18.6. The number of hydrogen-bond acceptors (Lipinski definition) is 7. The third-order valence-electron chi connectivity index (χ3n) is 6.80. The number of likely N-dealkylation sites (tertiary alicyclic amines) is 1. The zero-order valence-corrected chi connectivity index (χ0v) is 18.6. The topological polar surface area (TPSA) is 94.1 Å². The van der Waals surface area contributed by atoms with Gasteiger partial charge in [0.25, 0.3) is 0 Å². The summed E-state index contributed by atoms with van der Waals surface area (Å²) in [6, 6.07) is 2.02. The molecule has 0 radical (unpaired) electrons. The van der Waals surface area contributed by atoms with Gasteiger partial charge in [0.1, 0.15) is 5.82 Å². The Bertz CT molecular complexity index is 1080. The van der Waals surface area contributed by atoms with Crippen LogP contribution in [0, 0.1) is 12.3 Å². The van der Waals surface area contributed by atoms with Crippen LogP contribution in [-0.4, -0.2) is 73.5 Å². The van der Waals surface area contributed by atoms with Gasteiger partial charge in [0, 0.05) is 43.5 Å². The summed E-state index contributed by atoms with van der Waals surface area (Å²) in [4.78, 5) is 18.9. The highest BCUT2D eigenvalue weighted by Gasteiger charge is 2.41. The minimum absolute atomic E-state index is 0.357. The number of anilines is 1. The number of H-pyrrole nitrogens is 1. The third-order valence-corrected chi connectivity index (χ3v) is 6.80. The first-order chi connectivity index (χ1) is 14.8. The molecule has 2 aliphatic rings. The summed E-state index contributed by atoms with van der Waals surface area (Å²) in [5.74, 6) is 1.68. The number of β-amino-alcohol motifs (C(OH)–C–C–N with tert-alkyl or cyclic N) is 1. The second kappa shape index (κ2) is 7.53. The quantitative estimate of drug-likeness (QED) is 0.669. The number of fused-ring (bicyclic) bond motifs is 1. The maximum atomic E-state index is 10.2. The number of aromatic amines is 1. The monoisotopic (exact) mass is 421 g/mol. The van der Waals surface area contributed by atoms with Crippen molar-refractivity contribution in [3.8, 4) is 11.4 Å². The Hall–Kier alpha value is -2.58. The van der Waals surface area contributed by atoms with E-state index in [2.05, 4.69) is 25.0 Å². The van der Waals surface area contributed by atoms with Gasteiger partial charge in [-0.15, -0.1) is 0 Å². The molecule has 0 aliphatic carbocycles. The van der Waals surface area contributed by atoms with Crippen molar-refractivity contribution in [1.29, 1.82) is 0 Å². The Morgan fingerprint density at radius 2 is 1.90 bits per heavy atom. The molecule has 2 aliphatic heterocycles. The number of rotatable bonds is 4. The Labute approximate surface area is 182 Å². The molecule has 8 nitrogen and oxygen atoms in total. The fourth-order valence-electron chi connectivity index (χ4n) is 5.21. The molecule has 0 unspecified atom stereocenters. The second-order valence-electron chi connectivity index (χ2n) is 9.93. The highest BCUT2D eigenvalue weighted by atomic mass is 16.3. The lowest BCUT2D eigenvalue weighted by atomic mass is 9.77. The van der Waals surface area contributed by atoms with E-state index < -0.39 is 5.60 Å². The normalized spacial score (nSPS) is 19.5. The van der Waals surface area contributed by atoms with Gasteiger partial charge in [0.05, 0.1) is 29.1 Å². The van der Waals surface area contributed by atoms with Crippen molar-refractivity contribution in [1.82, 2.24) is 30.0 Å². The molecule has 2 fully saturated rings. The predicted molar refractivity (Wildman–Crippen MR) is 121 cm³/mol. The molecule has 5 heterocycles. The molecule has 8 heteroatoms. The van der Waals surface area contributed by atoms with Crippen LogP contribution in [-0.2, 0) is 0 Å². The molecular formula is C23H31N7O. The number of aromatic nitrogens is 5. The Kier molecular flexibility index (Phi) is 4.94. The van der Waals surface area contributed by atoms with Crippen LogP contribution < -0.4 is 4.90 Å². The van der Waals surface area contributed by atoms with Gasteiger partial charge in [-0.05, 0) is 58.1 Å². The lowest BCUT2D eigenvalue weighted by Crippen LogP contribution is -2.43. The van der Waals surface area contributed by atoms with Crippen molar-refractivity contribution in [2.24, 2.45) is 5.41 Å². The van der Waals surface area contributed by atoms with Gasteiger partial charge < -0.3 is 10.0 Å². The van der Waals surface area contributed by atoms with Crippen LogP contribution in [0.2, 0.25) is 0 Å². The molecule has 0 aromatic carbocycles. The van der Waals surface area contributed by atoms with Crippen LogP contribution in [0.5, 0.6) is 0 Å². The van der Waals surface area contributed by atoms with Crippen LogP contribution in [0.25, 0.3) is 22.3 Å². The van der Waals surface area contributed by atoms with Gasteiger partial charge in [-0.2, -0.15) is 5.10 Å². The number of pyridine rings is 1. The summed E-state index contributed by atoms with van der Waals surface area (Å²) >= 11 is 0. The van der Waals surface area contributed by atoms with Crippen molar-refractivity contribution in [2.75, 3.05) is 37.6 Å². The van der Waals surface area contributed by atoms with Crippen LogP contribution in [0.3, 0.4) is 0 Å². The number of aryl methyl sites for hydroxylation is 1. The largest absolute Gasteiger partial charge is 0.389 e. The lowest BCUT2D eigenvalue weighted by molar-refractivity contribution is 0.0390. The van der Waals surface area contributed by atoms with Crippen molar-refractivity contribution < 1.29 is 5.11 Å². The van der Waals surface area contributed by atoms with Gasteiger partial charge in [-0.3, -0.25) is 15.0 Å². The lowest BCUT2D eigenvalue weighted by Gasteiger charge is -2.40. The van der Waals surface area contributed by atoms with E-state index in [4.69, 9.17) is 9.97 Å². The number of aliphatic hydroxyl groups is 1. The molecule has 1 spiro atoms. The Balaban J connectivity index is 1.39. The summed E-state index contributed by atoms with van der Waals surface area (Å²) in [5.41, 5.74) is 2.47. The fraction of sp³-hybridized carbons (Fsp3) is 0.565. The predicted octanol–water partition coefficient (Wildman–Crippen LogP) is 2.79. The second-order valence-corrected chi connectivity index (χ2v) is 9.93. The first-order valence-corrected chi connectivity index (χ1v) is 11.1. The molecule has 0 atom stereocenters. The summed E-state index contributed by atoms with van der Waals surface area (Å²) in [6.07, 6.45) is 8.92. The highest BCUT2D eigenvalue weighted by molar-refractivity contribution is 5.90. The number of nitrogens with zero attached hydrogens (tertiary/aromatic N) is 6. The van der Waals surface area contributed by atoms with Gasteiger partial charge in [0.2, 0.25) is 0 Å². The minimum Gasteiger partial charge on any atom is -0.389 e. The van der Waals surface area contributed by atoms with Crippen LogP contribution in [0.15, 0.2) is 24.7 Å². The Morgan fingerprint density at radius 1 is 1.13 bits per heavy atom. The summed E-state index contributed by atoms with van der Waals surface area (Å²) in [6.45, 7) is 10.7. The van der Waals surface area contributed by atoms with Crippen LogP contribution in [0.4, 0.5) is 5.82 Å². The first kappa shape index (κ1) is 20.3. The van der Waals surface area contributed by atoms with E-state index in [1.807, 2.05) is 39.2 Å². The SMILES string of the molecule is Cc1[nH]ncc1-c1nc(N2CCC3(CCN(CC(C)(C)O)C3)CC2)c2ccncc2n1. The number of hydrogen-bond donors (Lipinski definition) is 2. The van der Waals surface area contributed by atoms with Crippen molar-refractivity contribution in [3.05, 3.63) is 30.4 Å². The maximum Gasteiger partial charge on any atom is 0.165 e. The molecule has 0 bridgehead atoms. The third kappa shape index (κ3) is 4.02. The van der Waals surface area contributed by atoms with Gasteiger partial charge in [-0.1, -0.05) is 0 Å². The van der Waals surface area contributed by atoms with Crippen molar-refractivity contribution >= 4 is 16.7 Å². The van der Waals surface area contributed by atoms with E-state index in [0.717, 1.165) is 73.5 Å². The number of piperidine rings is 1. The smallest absolute Gasteiger partial charge is 0.165 e. The fourth-order valence-corrected chi connectivity index (χ4v) is 5.21. The Morgan fingerprint density at radius 3 is 2.61 bits per heavy atom. The molecule has 5 rings (SSSR count). The van der Waals surface area contributed by atoms with Gasteiger partial charge in [-0.25, -0.2) is 9.97 Å². The molecule has 0 amide bonds. The van der Waals surface area contributed by atoms with E-state index in [-0.39, 0.29) is 0 Å². The van der Waals surface area contributed by atoms with Crippen LogP contribution in [0.1, 0.15) is 38.8 Å². The molecule has 0 saturated carbocycles. The molecule has 3 aromatic heterocycles. The molecule has 164 valence electrons. The average molecular weight is 422 g/mol. The van der Waals surface area contributed by atoms with Crippen molar-refractivity contribution in [3.63, 3.8) is 0 Å². The van der Waals surface area contributed by atoms with Crippen molar-refractivity contribution in [2.45, 2.75) is 45.6 Å².